The third kappa shape index (κ3) is 6.19. The minimum atomic E-state index is -4.04. The Kier molecular flexibility index (Phi) is 8.10. The molecule has 32 heavy (non-hydrogen) atoms. The maximum absolute atomic E-state index is 14.5. The van der Waals surface area contributed by atoms with Gasteiger partial charge >= 0.3 is 12.2 Å². The second kappa shape index (κ2) is 10.6. The zero-order valence-corrected chi connectivity index (χ0v) is 17.3. The third-order valence-corrected chi connectivity index (χ3v) is 5.64. The monoisotopic (exact) mass is 466 g/mol. The number of ether oxygens (including phenoxy) is 4. The molecule has 10 heteroatoms. The molecule has 0 bridgehead atoms. The Bertz CT molecular complexity index is 801. The molecule has 178 valence electrons. The van der Waals surface area contributed by atoms with Crippen LogP contribution in [0.1, 0.15) is 32.6 Å². The summed E-state index contributed by atoms with van der Waals surface area (Å²) in [6, 6.07) is 0.788. The van der Waals surface area contributed by atoms with Crippen LogP contribution in [0.25, 0.3) is 0 Å². The molecule has 4 nitrogen and oxygen atoms in total. The van der Waals surface area contributed by atoms with Crippen molar-refractivity contribution in [3.63, 3.8) is 0 Å². The molecule has 0 amide bonds. The Morgan fingerprint density at radius 2 is 1.59 bits per heavy atom. The third-order valence-electron chi connectivity index (χ3n) is 5.64. The van der Waals surface area contributed by atoms with E-state index in [1.165, 1.54) is 0 Å². The number of benzene rings is 1. The minimum Gasteiger partial charge on any atom is -0.453 e. The van der Waals surface area contributed by atoms with Crippen molar-refractivity contribution in [1.82, 2.24) is 0 Å². The largest absolute Gasteiger partial charge is 0.453 e. The molecular formula is C22H24F6O4. The molecule has 0 unspecified atom stereocenters. The van der Waals surface area contributed by atoms with Crippen LogP contribution >= 0.6 is 0 Å². The van der Waals surface area contributed by atoms with Crippen LogP contribution in [0.5, 0.6) is 11.5 Å². The summed E-state index contributed by atoms with van der Waals surface area (Å²) in [7, 11) is 0. The fourth-order valence-corrected chi connectivity index (χ4v) is 4.08. The molecule has 1 aliphatic heterocycles. The van der Waals surface area contributed by atoms with Crippen molar-refractivity contribution < 1.29 is 45.3 Å². The quantitative estimate of drug-likeness (QED) is 0.264. The fraction of sp³-hybridized carbons (Fsp3) is 0.545. The Balaban J connectivity index is 1.56. The molecule has 2 fully saturated rings. The van der Waals surface area contributed by atoms with Crippen molar-refractivity contribution in [1.29, 1.82) is 0 Å². The van der Waals surface area contributed by atoms with E-state index >= 15 is 0 Å². The van der Waals surface area contributed by atoms with Crippen LogP contribution < -0.4 is 9.47 Å². The average Bonchev–Trinajstić information content (AvgIpc) is 2.73. The van der Waals surface area contributed by atoms with E-state index in [1.54, 1.807) is 0 Å². The van der Waals surface area contributed by atoms with E-state index in [9.17, 15) is 26.3 Å². The number of allylic oxidation sites excluding steroid dienone is 2. The molecule has 0 radical (unpaired) electrons. The zero-order chi connectivity index (χ0) is 23.3. The summed E-state index contributed by atoms with van der Waals surface area (Å²) in [5.41, 5.74) is 0. The summed E-state index contributed by atoms with van der Waals surface area (Å²) in [5, 5.41) is 0. The summed E-state index contributed by atoms with van der Waals surface area (Å²) >= 11 is 0. The summed E-state index contributed by atoms with van der Waals surface area (Å²) < 4.78 is 99.7. The molecule has 0 atom stereocenters. The van der Waals surface area contributed by atoms with Gasteiger partial charge in [0.2, 0.25) is 0 Å². The van der Waals surface area contributed by atoms with E-state index in [4.69, 9.17) is 9.47 Å². The van der Waals surface area contributed by atoms with Crippen molar-refractivity contribution in [3.8, 4) is 11.5 Å². The van der Waals surface area contributed by atoms with E-state index in [0.29, 0.717) is 24.0 Å². The van der Waals surface area contributed by atoms with Gasteiger partial charge in [-0.3, -0.25) is 0 Å². The standard InChI is InChI=1S/C22H24F6O4/c1-2-3-13-4-6-14(7-5-13)15-10-30-21(31-11-15)22(27,28)32-16-8-17(23)20(18(24)9-16)29-12-19(25)26/h2-3,8-9,12-15,21H,4-7,10-11H2,1H3. The number of alkyl halides is 2. The Morgan fingerprint density at radius 3 is 2.12 bits per heavy atom. The second-order valence-corrected chi connectivity index (χ2v) is 7.86. The molecule has 1 saturated heterocycles. The van der Waals surface area contributed by atoms with Gasteiger partial charge in [0.1, 0.15) is 5.75 Å². The number of rotatable bonds is 7. The highest BCUT2D eigenvalue weighted by Crippen LogP contribution is 2.38. The summed E-state index contributed by atoms with van der Waals surface area (Å²) in [5.74, 6) is -4.21. The molecule has 0 spiro atoms. The summed E-state index contributed by atoms with van der Waals surface area (Å²) in [4.78, 5) is 0. The molecule has 0 aromatic heterocycles. The molecule has 2 aliphatic rings. The van der Waals surface area contributed by atoms with Crippen molar-refractivity contribution in [3.05, 3.63) is 48.3 Å². The lowest BCUT2D eigenvalue weighted by atomic mass is 9.76. The van der Waals surface area contributed by atoms with Gasteiger partial charge in [-0.1, -0.05) is 12.2 Å². The average molecular weight is 466 g/mol. The zero-order valence-electron chi connectivity index (χ0n) is 17.3. The highest BCUT2D eigenvalue weighted by molar-refractivity contribution is 5.35. The summed E-state index contributed by atoms with van der Waals surface area (Å²) in [6.07, 6.45) is -0.420. The van der Waals surface area contributed by atoms with Gasteiger partial charge in [-0.15, -0.1) is 0 Å². The van der Waals surface area contributed by atoms with Gasteiger partial charge in [-0.2, -0.15) is 17.6 Å². The van der Waals surface area contributed by atoms with Crippen LogP contribution in [-0.2, 0) is 9.47 Å². The van der Waals surface area contributed by atoms with Gasteiger partial charge in [0, 0.05) is 18.1 Å². The molecule has 3 rings (SSSR count). The fourth-order valence-electron chi connectivity index (χ4n) is 4.08. The molecule has 1 heterocycles. The van der Waals surface area contributed by atoms with Crippen LogP contribution in [0.2, 0.25) is 0 Å². The van der Waals surface area contributed by atoms with Gasteiger partial charge in [0.15, 0.2) is 23.6 Å². The lowest BCUT2D eigenvalue weighted by Crippen LogP contribution is -2.49. The van der Waals surface area contributed by atoms with E-state index < -0.39 is 41.6 Å². The van der Waals surface area contributed by atoms with Crippen molar-refractivity contribution in [2.45, 2.75) is 45.0 Å². The Morgan fingerprint density at radius 1 is 1.00 bits per heavy atom. The highest BCUT2D eigenvalue weighted by atomic mass is 19.3. The van der Waals surface area contributed by atoms with Gasteiger partial charge < -0.3 is 18.9 Å². The van der Waals surface area contributed by atoms with E-state index in [-0.39, 0.29) is 25.4 Å². The second-order valence-electron chi connectivity index (χ2n) is 7.86. The van der Waals surface area contributed by atoms with Crippen molar-refractivity contribution in [2.75, 3.05) is 13.2 Å². The Labute approximate surface area is 181 Å². The van der Waals surface area contributed by atoms with Gasteiger partial charge in [0.25, 0.3) is 6.29 Å². The molecule has 1 aromatic carbocycles. The SMILES string of the molecule is CC=CC1CCC(C2COC(C(F)(F)Oc3cc(F)c(OC=C(F)F)c(F)c3)OC2)CC1. The molecule has 1 saturated carbocycles. The minimum absolute atomic E-state index is 0.0242. The van der Waals surface area contributed by atoms with Crippen LogP contribution in [0.3, 0.4) is 0 Å². The van der Waals surface area contributed by atoms with Crippen LogP contribution in [0.15, 0.2) is 36.6 Å². The van der Waals surface area contributed by atoms with Gasteiger partial charge in [-0.05, 0) is 44.4 Å². The van der Waals surface area contributed by atoms with Gasteiger partial charge in [-0.25, -0.2) is 8.78 Å². The molecule has 1 aliphatic carbocycles. The number of hydrogen-bond acceptors (Lipinski definition) is 4. The smallest absolute Gasteiger partial charge is 0.451 e. The molecule has 0 N–H and O–H groups in total. The normalized spacial score (nSPS) is 26.7. The lowest BCUT2D eigenvalue weighted by molar-refractivity contribution is -0.354. The van der Waals surface area contributed by atoms with E-state index in [2.05, 4.69) is 15.5 Å². The predicted molar refractivity (Wildman–Crippen MR) is 102 cm³/mol. The first-order valence-corrected chi connectivity index (χ1v) is 10.3. The van der Waals surface area contributed by atoms with E-state index in [1.807, 2.05) is 13.0 Å². The number of halogens is 6. The maximum atomic E-state index is 14.5. The molecule has 1 aromatic rings. The topological polar surface area (TPSA) is 36.9 Å². The van der Waals surface area contributed by atoms with Crippen LogP contribution in [0.4, 0.5) is 26.3 Å². The maximum Gasteiger partial charge on any atom is 0.451 e. The van der Waals surface area contributed by atoms with E-state index in [0.717, 1.165) is 25.7 Å². The van der Waals surface area contributed by atoms with Gasteiger partial charge in [0.05, 0.1) is 13.2 Å². The first kappa shape index (κ1) is 24.4. The van der Waals surface area contributed by atoms with Crippen LogP contribution in [-0.4, -0.2) is 25.6 Å². The highest BCUT2D eigenvalue weighted by Gasteiger charge is 2.48. The van der Waals surface area contributed by atoms with Crippen molar-refractivity contribution >= 4 is 0 Å². The number of hydrogen-bond donors (Lipinski definition) is 0. The first-order valence-electron chi connectivity index (χ1n) is 10.3. The van der Waals surface area contributed by atoms with Crippen LogP contribution in [0, 0.1) is 29.4 Å². The lowest BCUT2D eigenvalue weighted by Gasteiger charge is -2.38. The summed E-state index contributed by atoms with van der Waals surface area (Å²) in [6.45, 7) is 2.09. The molecular weight excluding hydrogens is 442 g/mol. The first-order chi connectivity index (χ1) is 15.2. The van der Waals surface area contributed by atoms with Crippen molar-refractivity contribution in [2.24, 2.45) is 17.8 Å². The predicted octanol–water partition coefficient (Wildman–Crippen LogP) is 6.42. The Hall–Kier alpha value is -2.20.